The highest BCUT2D eigenvalue weighted by Crippen LogP contribution is 2.19. The van der Waals surface area contributed by atoms with Crippen molar-refractivity contribution in [2.24, 2.45) is 4.99 Å². The molecule has 0 spiro atoms. The van der Waals surface area contributed by atoms with E-state index in [1.165, 1.54) is 25.3 Å². The maximum atomic E-state index is 11.6. The molecule has 0 saturated heterocycles. The SMILES string of the molecule is CC1=CN=C(COc2ccc(O)cc2)S1(=O)=O. The molecule has 0 amide bonds. The van der Waals surface area contributed by atoms with Crippen LogP contribution >= 0.6 is 0 Å². The number of sulfone groups is 1. The lowest BCUT2D eigenvalue weighted by molar-refractivity contribution is 0.377. The second kappa shape index (κ2) is 4.21. The molecule has 0 aliphatic carbocycles. The van der Waals surface area contributed by atoms with Crippen LogP contribution in [0.5, 0.6) is 11.5 Å². The average molecular weight is 253 g/mol. The van der Waals surface area contributed by atoms with Crippen LogP contribution < -0.4 is 4.74 Å². The predicted octanol–water partition coefficient (Wildman–Crippen LogP) is 1.46. The van der Waals surface area contributed by atoms with Gasteiger partial charge in [-0.25, -0.2) is 13.4 Å². The molecule has 0 fully saturated rings. The molecule has 0 bridgehead atoms. The lowest BCUT2D eigenvalue weighted by Crippen LogP contribution is -2.19. The molecule has 0 aromatic heterocycles. The summed E-state index contributed by atoms with van der Waals surface area (Å²) in [6.45, 7) is 1.38. The molecule has 2 rings (SSSR count). The van der Waals surface area contributed by atoms with Crippen LogP contribution in [0, 0.1) is 0 Å². The first-order valence-electron chi connectivity index (χ1n) is 4.90. The van der Waals surface area contributed by atoms with Crippen molar-refractivity contribution in [2.75, 3.05) is 6.61 Å². The van der Waals surface area contributed by atoms with Crippen LogP contribution in [0.25, 0.3) is 0 Å². The van der Waals surface area contributed by atoms with Crippen LogP contribution in [0.15, 0.2) is 40.4 Å². The molecule has 1 aromatic carbocycles. The Labute approximate surface area is 99.0 Å². The van der Waals surface area contributed by atoms with Crippen molar-refractivity contribution in [3.05, 3.63) is 35.4 Å². The molecule has 0 radical (unpaired) electrons. The largest absolute Gasteiger partial charge is 0.508 e. The number of benzene rings is 1. The number of aliphatic imine (C=N–C) groups is 1. The summed E-state index contributed by atoms with van der Waals surface area (Å²) in [5.41, 5.74) is 0. The monoisotopic (exact) mass is 253 g/mol. The zero-order valence-corrected chi connectivity index (χ0v) is 9.94. The topological polar surface area (TPSA) is 76.0 Å². The molecule has 0 atom stereocenters. The Morgan fingerprint density at radius 1 is 1.29 bits per heavy atom. The summed E-state index contributed by atoms with van der Waals surface area (Å²) in [6, 6.07) is 6.03. The van der Waals surface area contributed by atoms with Crippen molar-refractivity contribution in [3.8, 4) is 11.5 Å². The smallest absolute Gasteiger partial charge is 0.220 e. The van der Waals surface area contributed by atoms with Crippen LogP contribution in [0.3, 0.4) is 0 Å². The van der Waals surface area contributed by atoms with E-state index in [4.69, 9.17) is 9.84 Å². The standard InChI is InChI=1S/C11H11NO4S/c1-8-6-12-11(17(8,14)15)7-16-10-4-2-9(13)3-5-10/h2-6,13H,7H2,1H3. The first-order chi connectivity index (χ1) is 8.00. The minimum atomic E-state index is -3.41. The maximum absolute atomic E-state index is 11.6. The lowest BCUT2D eigenvalue weighted by atomic mass is 10.3. The number of aromatic hydroxyl groups is 1. The Balaban J connectivity index is 2.04. The van der Waals surface area contributed by atoms with Crippen LogP contribution in [-0.4, -0.2) is 25.2 Å². The van der Waals surface area contributed by atoms with Crippen LogP contribution in [0.4, 0.5) is 0 Å². The second-order valence-electron chi connectivity index (χ2n) is 3.55. The molecule has 1 N–H and O–H groups in total. The Morgan fingerprint density at radius 2 is 1.94 bits per heavy atom. The second-order valence-corrected chi connectivity index (χ2v) is 5.67. The van der Waals surface area contributed by atoms with Gasteiger partial charge in [0.1, 0.15) is 18.1 Å². The van der Waals surface area contributed by atoms with Gasteiger partial charge in [-0.15, -0.1) is 0 Å². The Kier molecular flexibility index (Phi) is 2.89. The van der Waals surface area contributed by atoms with Gasteiger partial charge in [-0.3, -0.25) is 0 Å². The number of hydrogen-bond acceptors (Lipinski definition) is 5. The lowest BCUT2D eigenvalue weighted by Gasteiger charge is -2.06. The predicted molar refractivity (Wildman–Crippen MR) is 63.7 cm³/mol. The summed E-state index contributed by atoms with van der Waals surface area (Å²) in [5.74, 6) is 0.603. The van der Waals surface area contributed by atoms with Crippen LogP contribution in [-0.2, 0) is 9.84 Å². The van der Waals surface area contributed by atoms with Gasteiger partial charge in [0.2, 0.25) is 9.84 Å². The molecule has 0 unspecified atom stereocenters. The van der Waals surface area contributed by atoms with E-state index in [0.29, 0.717) is 5.75 Å². The fourth-order valence-corrected chi connectivity index (χ4v) is 2.26. The third-order valence-electron chi connectivity index (χ3n) is 2.32. The number of phenolic OH excluding ortho intramolecular Hbond substituents is 1. The molecular formula is C11H11NO4S. The first kappa shape index (κ1) is 11.7. The number of rotatable bonds is 3. The van der Waals surface area contributed by atoms with E-state index in [1.54, 1.807) is 12.1 Å². The highest BCUT2D eigenvalue weighted by molar-refractivity contribution is 8.10. The summed E-state index contributed by atoms with van der Waals surface area (Å²) in [6.07, 6.45) is 1.31. The molecule has 1 aliphatic rings. The Hall–Kier alpha value is -1.82. The minimum Gasteiger partial charge on any atom is -0.508 e. The van der Waals surface area contributed by atoms with E-state index in [1.807, 2.05) is 0 Å². The van der Waals surface area contributed by atoms with E-state index >= 15 is 0 Å². The zero-order chi connectivity index (χ0) is 12.5. The van der Waals surface area contributed by atoms with Gasteiger partial charge >= 0.3 is 0 Å². The first-order valence-corrected chi connectivity index (χ1v) is 6.39. The minimum absolute atomic E-state index is 0.00285. The zero-order valence-electron chi connectivity index (χ0n) is 9.12. The highest BCUT2D eigenvalue weighted by atomic mass is 32.2. The molecule has 90 valence electrons. The third kappa shape index (κ3) is 2.31. The number of allylic oxidation sites excluding steroid dienone is 1. The van der Waals surface area contributed by atoms with Gasteiger partial charge < -0.3 is 9.84 Å². The molecule has 6 heteroatoms. The van der Waals surface area contributed by atoms with E-state index in [2.05, 4.69) is 4.99 Å². The van der Waals surface area contributed by atoms with E-state index in [9.17, 15) is 8.42 Å². The van der Waals surface area contributed by atoms with Crippen molar-refractivity contribution < 1.29 is 18.3 Å². The molecule has 1 aromatic rings. The number of phenols is 1. The molecule has 0 saturated carbocycles. The van der Waals surface area contributed by atoms with E-state index in [0.717, 1.165) is 0 Å². The van der Waals surface area contributed by atoms with Crippen LogP contribution in [0.2, 0.25) is 0 Å². The van der Waals surface area contributed by atoms with Crippen molar-refractivity contribution in [2.45, 2.75) is 6.92 Å². The van der Waals surface area contributed by atoms with E-state index < -0.39 is 9.84 Å². The Bertz CT molecular complexity index is 584. The summed E-state index contributed by atoms with van der Waals surface area (Å²) >= 11 is 0. The maximum Gasteiger partial charge on any atom is 0.220 e. The summed E-state index contributed by atoms with van der Waals surface area (Å²) in [4.78, 5) is 4.02. The highest BCUT2D eigenvalue weighted by Gasteiger charge is 2.26. The van der Waals surface area contributed by atoms with Crippen molar-refractivity contribution >= 4 is 14.9 Å². The summed E-state index contributed by atoms with van der Waals surface area (Å²) in [5, 5.41) is 9.07. The van der Waals surface area contributed by atoms with Crippen molar-refractivity contribution in [3.63, 3.8) is 0 Å². The third-order valence-corrected chi connectivity index (χ3v) is 4.12. The summed E-state index contributed by atoms with van der Waals surface area (Å²) in [7, 11) is -3.41. The average Bonchev–Trinajstić information content (AvgIpc) is 2.54. The number of nitrogens with zero attached hydrogens (tertiary/aromatic N) is 1. The molecule has 1 aliphatic heterocycles. The van der Waals surface area contributed by atoms with E-state index in [-0.39, 0.29) is 22.3 Å². The Morgan fingerprint density at radius 3 is 2.47 bits per heavy atom. The van der Waals surface area contributed by atoms with Crippen molar-refractivity contribution in [1.82, 2.24) is 0 Å². The number of ether oxygens (including phenoxy) is 1. The van der Waals surface area contributed by atoms with Gasteiger partial charge in [0.25, 0.3) is 0 Å². The van der Waals surface area contributed by atoms with Gasteiger partial charge in [0.15, 0.2) is 5.04 Å². The number of hydrogen-bond donors (Lipinski definition) is 1. The van der Waals surface area contributed by atoms with Gasteiger partial charge in [-0.1, -0.05) is 0 Å². The van der Waals surface area contributed by atoms with Crippen molar-refractivity contribution in [1.29, 1.82) is 0 Å². The van der Waals surface area contributed by atoms with Gasteiger partial charge in [-0.05, 0) is 31.2 Å². The molecule has 1 heterocycles. The van der Waals surface area contributed by atoms with Gasteiger partial charge in [-0.2, -0.15) is 0 Å². The fraction of sp³-hybridized carbons (Fsp3) is 0.182. The quantitative estimate of drug-likeness (QED) is 0.884. The normalized spacial score (nSPS) is 17.5. The fourth-order valence-electron chi connectivity index (χ4n) is 1.29. The molecule has 5 nitrogen and oxygen atoms in total. The van der Waals surface area contributed by atoms with Crippen LogP contribution in [0.1, 0.15) is 6.92 Å². The van der Waals surface area contributed by atoms with Gasteiger partial charge in [0.05, 0.1) is 4.91 Å². The van der Waals surface area contributed by atoms with Gasteiger partial charge in [0, 0.05) is 6.20 Å². The molecular weight excluding hydrogens is 242 g/mol. The summed E-state index contributed by atoms with van der Waals surface area (Å²) < 4.78 is 28.6. The molecule has 17 heavy (non-hydrogen) atoms.